The van der Waals surface area contributed by atoms with Gasteiger partial charge in [0.1, 0.15) is 11.6 Å². The molecule has 0 aliphatic heterocycles. The van der Waals surface area contributed by atoms with Crippen LogP contribution in [0.5, 0.6) is 0 Å². The van der Waals surface area contributed by atoms with E-state index in [-0.39, 0.29) is 5.69 Å². The molecule has 1 aromatic heterocycles. The lowest BCUT2D eigenvalue weighted by Crippen LogP contribution is -2.09. The number of nitrogens with zero attached hydrogens (tertiary/aromatic N) is 3. The van der Waals surface area contributed by atoms with Crippen molar-refractivity contribution in [2.45, 2.75) is 6.42 Å². The maximum atomic E-state index is 13.6. The van der Waals surface area contributed by atoms with Crippen molar-refractivity contribution >= 4 is 17.5 Å². The first kappa shape index (κ1) is 15.8. The lowest BCUT2D eigenvalue weighted by atomic mass is 10.1. The number of nitrogens with one attached hydrogen (secondary N) is 2. The molecular weight excluding hydrogens is 312 g/mol. The van der Waals surface area contributed by atoms with Gasteiger partial charge < -0.3 is 10.6 Å². The lowest BCUT2D eigenvalue weighted by Gasteiger charge is -2.08. The number of hydrogen-bond donors (Lipinski definition) is 2. The molecule has 0 bridgehead atoms. The summed E-state index contributed by atoms with van der Waals surface area (Å²) in [5, 5.41) is 13.5. The second kappa shape index (κ2) is 7.45. The van der Waals surface area contributed by atoms with Gasteiger partial charge in [-0.05, 0) is 24.1 Å². The van der Waals surface area contributed by atoms with Crippen LogP contribution in [0.3, 0.4) is 0 Å². The molecule has 0 amide bonds. The number of aromatic nitrogens is 3. The van der Waals surface area contributed by atoms with Gasteiger partial charge in [-0.15, -0.1) is 5.10 Å². The Bertz CT molecular complexity index is 811. The van der Waals surface area contributed by atoms with E-state index in [9.17, 15) is 8.78 Å². The highest BCUT2D eigenvalue weighted by molar-refractivity contribution is 5.56. The van der Waals surface area contributed by atoms with Crippen LogP contribution in [0.4, 0.5) is 26.2 Å². The van der Waals surface area contributed by atoms with Gasteiger partial charge in [0.05, 0.1) is 11.9 Å². The minimum absolute atomic E-state index is 0.118. The van der Waals surface area contributed by atoms with E-state index in [1.807, 2.05) is 30.3 Å². The fourth-order valence-corrected chi connectivity index (χ4v) is 2.13. The summed E-state index contributed by atoms with van der Waals surface area (Å²) in [4.78, 5) is 4.21. The van der Waals surface area contributed by atoms with Crippen molar-refractivity contribution in [3.8, 4) is 0 Å². The monoisotopic (exact) mass is 327 g/mol. The molecule has 2 aromatic carbocycles. The summed E-state index contributed by atoms with van der Waals surface area (Å²) >= 11 is 0. The third-order valence-electron chi connectivity index (χ3n) is 3.29. The summed E-state index contributed by atoms with van der Waals surface area (Å²) in [6, 6.07) is 13.3. The van der Waals surface area contributed by atoms with Crippen LogP contribution in [0.1, 0.15) is 5.56 Å². The van der Waals surface area contributed by atoms with Crippen LogP contribution in [0.15, 0.2) is 54.7 Å². The van der Waals surface area contributed by atoms with Crippen LogP contribution >= 0.6 is 0 Å². The van der Waals surface area contributed by atoms with Crippen molar-refractivity contribution in [3.63, 3.8) is 0 Å². The zero-order valence-electron chi connectivity index (χ0n) is 12.7. The molecule has 0 unspecified atom stereocenters. The van der Waals surface area contributed by atoms with E-state index >= 15 is 0 Å². The average molecular weight is 327 g/mol. The topological polar surface area (TPSA) is 62.7 Å². The smallest absolute Gasteiger partial charge is 0.244 e. The van der Waals surface area contributed by atoms with E-state index in [0.717, 1.165) is 12.5 Å². The van der Waals surface area contributed by atoms with Gasteiger partial charge in [0.2, 0.25) is 5.95 Å². The van der Waals surface area contributed by atoms with E-state index in [1.165, 1.54) is 23.9 Å². The molecule has 122 valence electrons. The molecule has 3 rings (SSSR count). The Kier molecular flexibility index (Phi) is 4.90. The number of rotatable bonds is 6. The van der Waals surface area contributed by atoms with Gasteiger partial charge in [-0.1, -0.05) is 30.3 Å². The normalized spacial score (nSPS) is 10.4. The summed E-state index contributed by atoms with van der Waals surface area (Å²) < 4.78 is 26.6. The number of benzene rings is 2. The van der Waals surface area contributed by atoms with Crippen molar-refractivity contribution in [3.05, 3.63) is 71.9 Å². The molecule has 2 N–H and O–H groups in total. The molecular formula is C17H15F2N5. The second-order valence-electron chi connectivity index (χ2n) is 5.08. The maximum absolute atomic E-state index is 13.6. The molecule has 7 heteroatoms. The van der Waals surface area contributed by atoms with Crippen molar-refractivity contribution in [2.24, 2.45) is 0 Å². The van der Waals surface area contributed by atoms with Crippen LogP contribution in [-0.4, -0.2) is 21.7 Å². The fourth-order valence-electron chi connectivity index (χ4n) is 2.13. The Balaban J connectivity index is 1.61. The zero-order chi connectivity index (χ0) is 16.8. The van der Waals surface area contributed by atoms with E-state index in [2.05, 4.69) is 25.8 Å². The minimum atomic E-state index is -0.702. The predicted molar refractivity (Wildman–Crippen MR) is 88.1 cm³/mol. The Morgan fingerprint density at radius 3 is 2.62 bits per heavy atom. The van der Waals surface area contributed by atoms with Gasteiger partial charge in [-0.25, -0.2) is 8.78 Å². The lowest BCUT2D eigenvalue weighted by molar-refractivity contribution is 0.586. The van der Waals surface area contributed by atoms with E-state index in [4.69, 9.17) is 0 Å². The first-order chi connectivity index (χ1) is 11.7. The molecule has 0 aliphatic carbocycles. The number of hydrogen-bond acceptors (Lipinski definition) is 5. The van der Waals surface area contributed by atoms with Crippen molar-refractivity contribution in [1.82, 2.24) is 15.2 Å². The van der Waals surface area contributed by atoms with Crippen LogP contribution in [0.2, 0.25) is 0 Å². The average Bonchev–Trinajstić information content (AvgIpc) is 2.59. The van der Waals surface area contributed by atoms with Gasteiger partial charge in [-0.2, -0.15) is 10.1 Å². The third-order valence-corrected chi connectivity index (χ3v) is 3.29. The molecule has 3 aromatic rings. The van der Waals surface area contributed by atoms with E-state index < -0.39 is 11.6 Å². The molecule has 0 saturated heterocycles. The standard InChI is InChI=1S/C17H15F2N5/c18-13-6-7-15(14(19)10-13)22-16-11-21-24-17(23-16)20-9-8-12-4-2-1-3-5-12/h1-7,10-11H,8-9H2,(H2,20,22,23,24). The minimum Gasteiger partial charge on any atom is -0.353 e. The maximum Gasteiger partial charge on any atom is 0.244 e. The van der Waals surface area contributed by atoms with E-state index in [0.29, 0.717) is 18.3 Å². The van der Waals surface area contributed by atoms with Gasteiger partial charge in [0.15, 0.2) is 5.82 Å². The molecule has 24 heavy (non-hydrogen) atoms. The Labute approximate surface area is 137 Å². The fraction of sp³-hybridized carbons (Fsp3) is 0.118. The van der Waals surface area contributed by atoms with Crippen LogP contribution < -0.4 is 10.6 Å². The first-order valence-electron chi connectivity index (χ1n) is 7.40. The summed E-state index contributed by atoms with van der Waals surface area (Å²) in [6.45, 7) is 0.639. The molecule has 0 atom stereocenters. The highest BCUT2D eigenvalue weighted by atomic mass is 19.1. The largest absolute Gasteiger partial charge is 0.353 e. The summed E-state index contributed by atoms with van der Waals surface area (Å²) in [5.74, 6) is -0.689. The Morgan fingerprint density at radius 1 is 1.00 bits per heavy atom. The summed E-state index contributed by atoms with van der Waals surface area (Å²) in [7, 11) is 0. The van der Waals surface area contributed by atoms with Crippen molar-refractivity contribution in [2.75, 3.05) is 17.2 Å². The van der Waals surface area contributed by atoms with E-state index in [1.54, 1.807) is 0 Å². The summed E-state index contributed by atoms with van der Waals surface area (Å²) in [5.41, 5.74) is 1.31. The van der Waals surface area contributed by atoms with Gasteiger partial charge in [-0.3, -0.25) is 0 Å². The Hall–Kier alpha value is -3.09. The van der Waals surface area contributed by atoms with Crippen LogP contribution in [-0.2, 0) is 6.42 Å². The highest BCUT2D eigenvalue weighted by Gasteiger charge is 2.06. The van der Waals surface area contributed by atoms with Crippen molar-refractivity contribution in [1.29, 1.82) is 0 Å². The zero-order valence-corrected chi connectivity index (χ0v) is 12.7. The van der Waals surface area contributed by atoms with Gasteiger partial charge in [0, 0.05) is 12.6 Å². The first-order valence-corrected chi connectivity index (χ1v) is 7.40. The molecule has 0 radical (unpaired) electrons. The molecule has 0 fully saturated rings. The quantitative estimate of drug-likeness (QED) is 0.725. The van der Waals surface area contributed by atoms with Crippen LogP contribution in [0.25, 0.3) is 0 Å². The van der Waals surface area contributed by atoms with Gasteiger partial charge >= 0.3 is 0 Å². The number of halogens is 2. The summed E-state index contributed by atoms with van der Waals surface area (Å²) in [6.07, 6.45) is 2.18. The third kappa shape index (κ3) is 4.22. The number of anilines is 3. The molecule has 1 heterocycles. The molecule has 5 nitrogen and oxygen atoms in total. The van der Waals surface area contributed by atoms with Crippen LogP contribution in [0, 0.1) is 11.6 Å². The SMILES string of the molecule is Fc1ccc(Nc2cnnc(NCCc3ccccc3)n2)c(F)c1. The highest BCUT2D eigenvalue weighted by Crippen LogP contribution is 2.19. The molecule has 0 saturated carbocycles. The van der Waals surface area contributed by atoms with Gasteiger partial charge in [0.25, 0.3) is 0 Å². The molecule has 0 spiro atoms. The second-order valence-corrected chi connectivity index (χ2v) is 5.08. The predicted octanol–water partition coefficient (Wildman–Crippen LogP) is 3.55. The molecule has 0 aliphatic rings. The Morgan fingerprint density at radius 2 is 1.83 bits per heavy atom. The van der Waals surface area contributed by atoms with Crippen molar-refractivity contribution < 1.29 is 8.78 Å².